The Morgan fingerprint density at radius 3 is 2.47 bits per heavy atom. The van der Waals surface area contributed by atoms with Crippen molar-refractivity contribution in [2.75, 3.05) is 18.4 Å². The summed E-state index contributed by atoms with van der Waals surface area (Å²) in [5, 5.41) is 5.40. The number of carbonyl (C=O) groups excluding carboxylic acids is 1. The van der Waals surface area contributed by atoms with Gasteiger partial charge in [0.2, 0.25) is 0 Å². The lowest BCUT2D eigenvalue weighted by Crippen LogP contribution is -2.35. The van der Waals surface area contributed by atoms with Gasteiger partial charge in [0.05, 0.1) is 0 Å². The van der Waals surface area contributed by atoms with Gasteiger partial charge in [-0.15, -0.1) is 0 Å². The van der Waals surface area contributed by atoms with Crippen LogP contribution in [-0.2, 0) is 4.74 Å². The molecule has 6 heteroatoms. The first-order valence-electron chi connectivity index (χ1n) is 5.94. The van der Waals surface area contributed by atoms with Crippen molar-refractivity contribution >= 4 is 11.8 Å². The maximum atomic E-state index is 12.9. The van der Waals surface area contributed by atoms with Crippen LogP contribution in [0.1, 0.15) is 20.8 Å². The van der Waals surface area contributed by atoms with E-state index in [9.17, 15) is 13.6 Å². The van der Waals surface area contributed by atoms with Crippen molar-refractivity contribution in [1.29, 1.82) is 0 Å². The summed E-state index contributed by atoms with van der Waals surface area (Å²) in [4.78, 5) is 11.3. The highest BCUT2D eigenvalue weighted by atomic mass is 19.2. The Morgan fingerprint density at radius 2 is 1.89 bits per heavy atom. The van der Waals surface area contributed by atoms with Gasteiger partial charge in [0.15, 0.2) is 11.6 Å². The van der Waals surface area contributed by atoms with Crippen molar-refractivity contribution in [3.05, 3.63) is 29.8 Å². The number of hydrogen-bond acceptors (Lipinski definition) is 3. The number of rotatable bonds is 4. The summed E-state index contributed by atoms with van der Waals surface area (Å²) in [5.74, 6) is -1.80. The standard InChI is InChI=1S/C13H18F2N2O2/c1-13(2,3)19-12(18)17-7-6-16-9-4-5-10(14)11(15)8-9/h4-5,8,16H,6-7H2,1-3H3,(H,17,18). The van der Waals surface area contributed by atoms with Crippen LogP contribution in [0.15, 0.2) is 18.2 Å². The van der Waals surface area contributed by atoms with Gasteiger partial charge >= 0.3 is 6.09 Å². The maximum Gasteiger partial charge on any atom is 0.407 e. The van der Waals surface area contributed by atoms with Gasteiger partial charge in [0.25, 0.3) is 0 Å². The van der Waals surface area contributed by atoms with Crippen molar-refractivity contribution in [2.45, 2.75) is 26.4 Å². The summed E-state index contributed by atoms with van der Waals surface area (Å²) < 4.78 is 30.6. The third-order valence-electron chi connectivity index (χ3n) is 2.04. The van der Waals surface area contributed by atoms with Crippen LogP contribution in [0.4, 0.5) is 19.3 Å². The molecule has 1 aromatic rings. The fourth-order valence-electron chi connectivity index (χ4n) is 1.29. The molecule has 0 heterocycles. The fraction of sp³-hybridized carbons (Fsp3) is 0.462. The number of ether oxygens (including phenoxy) is 1. The molecule has 1 rings (SSSR count). The average molecular weight is 272 g/mol. The molecule has 0 aliphatic rings. The number of halogens is 2. The molecule has 0 aliphatic carbocycles. The SMILES string of the molecule is CC(C)(C)OC(=O)NCCNc1ccc(F)c(F)c1. The Balaban J connectivity index is 2.27. The number of benzene rings is 1. The van der Waals surface area contributed by atoms with E-state index in [0.717, 1.165) is 12.1 Å². The van der Waals surface area contributed by atoms with Gasteiger partial charge < -0.3 is 15.4 Å². The molecule has 2 N–H and O–H groups in total. The Bertz CT molecular complexity index is 445. The lowest BCUT2D eigenvalue weighted by atomic mass is 10.2. The molecule has 1 amide bonds. The molecule has 0 unspecified atom stereocenters. The molecule has 0 saturated carbocycles. The number of alkyl carbamates (subject to hydrolysis) is 1. The number of carbonyl (C=O) groups is 1. The summed E-state index contributed by atoms with van der Waals surface area (Å²) in [6.07, 6.45) is -0.514. The molecule has 1 aromatic carbocycles. The fourth-order valence-corrected chi connectivity index (χ4v) is 1.29. The van der Waals surface area contributed by atoms with Crippen LogP contribution < -0.4 is 10.6 Å². The zero-order valence-corrected chi connectivity index (χ0v) is 11.2. The highest BCUT2D eigenvalue weighted by Gasteiger charge is 2.15. The Kier molecular flexibility index (Phi) is 5.09. The van der Waals surface area contributed by atoms with E-state index in [1.807, 2.05) is 0 Å². The Labute approximate surface area is 111 Å². The van der Waals surface area contributed by atoms with Crippen LogP contribution in [0.2, 0.25) is 0 Å². The van der Waals surface area contributed by atoms with E-state index in [1.165, 1.54) is 6.07 Å². The topological polar surface area (TPSA) is 50.4 Å². The lowest BCUT2D eigenvalue weighted by Gasteiger charge is -2.19. The highest BCUT2D eigenvalue weighted by Crippen LogP contribution is 2.12. The summed E-state index contributed by atoms with van der Waals surface area (Å²) in [6, 6.07) is 3.52. The molecular formula is C13H18F2N2O2. The van der Waals surface area contributed by atoms with Crippen molar-refractivity contribution in [3.8, 4) is 0 Å². The molecule has 106 valence electrons. The van der Waals surface area contributed by atoms with E-state index < -0.39 is 23.3 Å². The molecule has 0 aliphatic heterocycles. The van der Waals surface area contributed by atoms with Crippen LogP contribution >= 0.6 is 0 Å². The minimum Gasteiger partial charge on any atom is -0.444 e. The summed E-state index contributed by atoms with van der Waals surface area (Å²) in [5.41, 5.74) is -0.0951. The monoisotopic (exact) mass is 272 g/mol. The summed E-state index contributed by atoms with van der Waals surface area (Å²) in [7, 11) is 0. The van der Waals surface area contributed by atoms with E-state index in [-0.39, 0.29) is 0 Å². The van der Waals surface area contributed by atoms with Gasteiger partial charge in [0.1, 0.15) is 5.60 Å². The van der Waals surface area contributed by atoms with Gasteiger partial charge in [-0.3, -0.25) is 0 Å². The molecule has 0 spiro atoms. The molecule has 0 aromatic heterocycles. The van der Waals surface area contributed by atoms with E-state index in [2.05, 4.69) is 10.6 Å². The third-order valence-corrected chi connectivity index (χ3v) is 2.04. The quantitative estimate of drug-likeness (QED) is 0.829. The molecule has 19 heavy (non-hydrogen) atoms. The van der Waals surface area contributed by atoms with Crippen molar-refractivity contribution < 1.29 is 18.3 Å². The zero-order valence-electron chi connectivity index (χ0n) is 11.2. The average Bonchev–Trinajstić information content (AvgIpc) is 2.27. The van der Waals surface area contributed by atoms with Crippen LogP contribution in [0.5, 0.6) is 0 Å². The Morgan fingerprint density at radius 1 is 1.21 bits per heavy atom. The predicted octanol–water partition coefficient (Wildman–Crippen LogP) is 2.90. The number of hydrogen-bond donors (Lipinski definition) is 2. The minimum absolute atomic E-state index is 0.313. The molecule has 0 saturated heterocycles. The van der Waals surface area contributed by atoms with Gasteiger partial charge in [0, 0.05) is 18.8 Å². The van der Waals surface area contributed by atoms with Gasteiger partial charge in [-0.2, -0.15) is 0 Å². The molecule has 4 nitrogen and oxygen atoms in total. The zero-order chi connectivity index (χ0) is 14.5. The third kappa shape index (κ3) is 6.03. The lowest BCUT2D eigenvalue weighted by molar-refractivity contribution is 0.0530. The molecule has 0 radical (unpaired) electrons. The Hall–Kier alpha value is -1.85. The molecular weight excluding hydrogens is 254 g/mol. The summed E-state index contributed by atoms with van der Waals surface area (Å²) in [6.45, 7) is 6.00. The normalized spacial score (nSPS) is 11.0. The number of nitrogens with one attached hydrogen (secondary N) is 2. The predicted molar refractivity (Wildman–Crippen MR) is 69.1 cm³/mol. The van der Waals surface area contributed by atoms with Crippen LogP contribution in [0, 0.1) is 11.6 Å². The second kappa shape index (κ2) is 6.36. The van der Waals surface area contributed by atoms with Gasteiger partial charge in [-0.05, 0) is 39.0 Å². The van der Waals surface area contributed by atoms with E-state index in [4.69, 9.17) is 4.74 Å². The molecule has 0 atom stereocenters. The van der Waals surface area contributed by atoms with Gasteiger partial charge in [-0.25, -0.2) is 13.6 Å². The van der Waals surface area contributed by atoms with Crippen molar-refractivity contribution in [2.24, 2.45) is 0 Å². The molecule has 0 fully saturated rings. The van der Waals surface area contributed by atoms with Crippen LogP contribution in [0.3, 0.4) is 0 Å². The van der Waals surface area contributed by atoms with Gasteiger partial charge in [-0.1, -0.05) is 0 Å². The van der Waals surface area contributed by atoms with E-state index in [1.54, 1.807) is 20.8 Å². The van der Waals surface area contributed by atoms with Crippen molar-refractivity contribution in [3.63, 3.8) is 0 Å². The second-order valence-corrected chi connectivity index (χ2v) is 4.98. The highest BCUT2D eigenvalue weighted by molar-refractivity contribution is 5.67. The largest absolute Gasteiger partial charge is 0.444 e. The smallest absolute Gasteiger partial charge is 0.407 e. The first-order chi connectivity index (χ1) is 8.78. The van der Waals surface area contributed by atoms with E-state index in [0.29, 0.717) is 18.8 Å². The maximum absolute atomic E-state index is 12.9. The van der Waals surface area contributed by atoms with E-state index >= 15 is 0 Å². The minimum atomic E-state index is -0.912. The second-order valence-electron chi connectivity index (χ2n) is 4.98. The first-order valence-corrected chi connectivity index (χ1v) is 5.94. The number of anilines is 1. The number of amides is 1. The molecule has 0 bridgehead atoms. The van der Waals surface area contributed by atoms with Crippen LogP contribution in [0.25, 0.3) is 0 Å². The van der Waals surface area contributed by atoms with Crippen molar-refractivity contribution in [1.82, 2.24) is 5.32 Å². The first kappa shape index (κ1) is 15.2. The summed E-state index contributed by atoms with van der Waals surface area (Å²) >= 11 is 0. The van der Waals surface area contributed by atoms with Crippen LogP contribution in [-0.4, -0.2) is 24.8 Å².